The Morgan fingerprint density at radius 1 is 1.42 bits per heavy atom. The maximum atomic E-state index is 13.5. The molecule has 1 aliphatic heterocycles. The van der Waals surface area contributed by atoms with Gasteiger partial charge in [0.25, 0.3) is 0 Å². The number of rotatable bonds is 2. The third-order valence-electron chi connectivity index (χ3n) is 3.45. The maximum Gasteiger partial charge on any atom is 0.227 e. The molecule has 1 aromatic carbocycles. The van der Waals surface area contributed by atoms with Crippen molar-refractivity contribution in [1.82, 2.24) is 10.2 Å². The molecular formula is C14H18F2N2O. The lowest BCUT2D eigenvalue weighted by Crippen LogP contribution is -2.60. The second-order valence-corrected chi connectivity index (χ2v) is 5.45. The van der Waals surface area contributed by atoms with Gasteiger partial charge in [0.05, 0.1) is 6.42 Å². The molecule has 0 aromatic heterocycles. The van der Waals surface area contributed by atoms with Crippen LogP contribution in [0.3, 0.4) is 0 Å². The molecule has 0 saturated carbocycles. The number of nitrogens with one attached hydrogen (secondary N) is 1. The van der Waals surface area contributed by atoms with Gasteiger partial charge in [0.15, 0.2) is 0 Å². The van der Waals surface area contributed by atoms with Crippen molar-refractivity contribution in [2.75, 3.05) is 19.6 Å². The summed E-state index contributed by atoms with van der Waals surface area (Å²) in [5, 5.41) is 3.22. The van der Waals surface area contributed by atoms with Crippen LogP contribution in [-0.2, 0) is 11.2 Å². The zero-order chi connectivity index (χ0) is 14.0. The van der Waals surface area contributed by atoms with Crippen molar-refractivity contribution in [2.24, 2.45) is 0 Å². The molecule has 1 saturated heterocycles. The molecule has 3 nitrogen and oxygen atoms in total. The number of halogens is 2. The van der Waals surface area contributed by atoms with E-state index in [1.165, 1.54) is 0 Å². The molecule has 0 aliphatic carbocycles. The van der Waals surface area contributed by atoms with Crippen LogP contribution in [0.1, 0.15) is 19.4 Å². The van der Waals surface area contributed by atoms with Gasteiger partial charge in [-0.25, -0.2) is 8.78 Å². The maximum absolute atomic E-state index is 13.5. The second kappa shape index (κ2) is 5.25. The van der Waals surface area contributed by atoms with Gasteiger partial charge in [0, 0.05) is 30.7 Å². The van der Waals surface area contributed by atoms with Gasteiger partial charge in [-0.15, -0.1) is 0 Å². The summed E-state index contributed by atoms with van der Waals surface area (Å²) < 4.78 is 26.6. The van der Waals surface area contributed by atoms with E-state index in [1.807, 2.05) is 13.8 Å². The van der Waals surface area contributed by atoms with Gasteiger partial charge >= 0.3 is 0 Å². The molecule has 1 N–H and O–H groups in total. The number of carbonyl (C=O) groups is 1. The van der Waals surface area contributed by atoms with Crippen molar-refractivity contribution < 1.29 is 13.6 Å². The summed E-state index contributed by atoms with van der Waals surface area (Å²) in [6.07, 6.45) is -0.104. The Labute approximate surface area is 111 Å². The number of benzene rings is 1. The molecule has 1 heterocycles. The molecule has 1 aromatic rings. The first kappa shape index (κ1) is 13.9. The van der Waals surface area contributed by atoms with Crippen molar-refractivity contribution in [2.45, 2.75) is 25.8 Å². The normalized spacial score (nSPS) is 18.4. The Hall–Kier alpha value is -1.49. The van der Waals surface area contributed by atoms with Gasteiger partial charge in [0.2, 0.25) is 5.91 Å². The van der Waals surface area contributed by atoms with Crippen molar-refractivity contribution in [3.05, 3.63) is 35.4 Å². The number of hydrogen-bond acceptors (Lipinski definition) is 2. The van der Waals surface area contributed by atoms with E-state index < -0.39 is 11.6 Å². The first-order valence-electron chi connectivity index (χ1n) is 6.35. The van der Waals surface area contributed by atoms with E-state index in [4.69, 9.17) is 0 Å². The number of hydrogen-bond donors (Lipinski definition) is 1. The Bertz CT molecular complexity index is 488. The lowest BCUT2D eigenvalue weighted by molar-refractivity contribution is -0.136. The van der Waals surface area contributed by atoms with Gasteiger partial charge in [0.1, 0.15) is 11.6 Å². The van der Waals surface area contributed by atoms with Crippen LogP contribution >= 0.6 is 0 Å². The standard InChI is InChI=1S/C14H18F2N2O/c1-14(2)9-17-5-6-18(14)13(19)8-10-7-11(15)3-4-12(10)16/h3-4,7,17H,5-6,8-9H2,1-2H3. The van der Waals surface area contributed by atoms with Gasteiger partial charge in [-0.3, -0.25) is 4.79 Å². The van der Waals surface area contributed by atoms with Crippen LogP contribution in [-0.4, -0.2) is 36.0 Å². The molecule has 104 valence electrons. The predicted octanol–water partition coefficient (Wildman–Crippen LogP) is 1.72. The first-order valence-corrected chi connectivity index (χ1v) is 6.35. The number of carbonyl (C=O) groups excluding carboxylic acids is 1. The highest BCUT2D eigenvalue weighted by molar-refractivity contribution is 5.79. The summed E-state index contributed by atoms with van der Waals surface area (Å²) in [7, 11) is 0. The van der Waals surface area contributed by atoms with E-state index >= 15 is 0 Å². The molecule has 19 heavy (non-hydrogen) atoms. The average molecular weight is 268 g/mol. The Morgan fingerprint density at radius 3 is 2.84 bits per heavy atom. The van der Waals surface area contributed by atoms with Crippen molar-refractivity contribution >= 4 is 5.91 Å². The molecular weight excluding hydrogens is 250 g/mol. The topological polar surface area (TPSA) is 32.3 Å². The van der Waals surface area contributed by atoms with E-state index in [-0.39, 0.29) is 23.4 Å². The van der Waals surface area contributed by atoms with Crippen molar-refractivity contribution in [3.63, 3.8) is 0 Å². The summed E-state index contributed by atoms with van der Waals surface area (Å²) >= 11 is 0. The highest BCUT2D eigenvalue weighted by Crippen LogP contribution is 2.19. The van der Waals surface area contributed by atoms with Crippen LogP contribution in [0.4, 0.5) is 8.78 Å². The molecule has 0 radical (unpaired) electrons. The third kappa shape index (κ3) is 3.10. The Kier molecular flexibility index (Phi) is 3.85. The van der Waals surface area contributed by atoms with E-state index in [9.17, 15) is 13.6 Å². The minimum absolute atomic E-state index is 0.104. The van der Waals surface area contributed by atoms with Crippen LogP contribution in [0.15, 0.2) is 18.2 Å². The Morgan fingerprint density at radius 2 is 2.16 bits per heavy atom. The van der Waals surface area contributed by atoms with Crippen LogP contribution in [0.2, 0.25) is 0 Å². The third-order valence-corrected chi connectivity index (χ3v) is 3.45. The van der Waals surface area contributed by atoms with Crippen LogP contribution < -0.4 is 5.32 Å². The predicted molar refractivity (Wildman–Crippen MR) is 68.7 cm³/mol. The summed E-state index contributed by atoms with van der Waals surface area (Å²) in [5.41, 5.74) is -0.196. The quantitative estimate of drug-likeness (QED) is 0.885. The van der Waals surface area contributed by atoms with Gasteiger partial charge in [-0.05, 0) is 32.0 Å². The molecule has 5 heteroatoms. The monoisotopic (exact) mass is 268 g/mol. The second-order valence-electron chi connectivity index (χ2n) is 5.45. The fourth-order valence-electron chi connectivity index (χ4n) is 2.38. The lowest BCUT2D eigenvalue weighted by Gasteiger charge is -2.43. The van der Waals surface area contributed by atoms with Gasteiger partial charge in [-0.2, -0.15) is 0 Å². The van der Waals surface area contributed by atoms with Gasteiger partial charge < -0.3 is 10.2 Å². The molecule has 1 amide bonds. The zero-order valence-electron chi connectivity index (χ0n) is 11.2. The summed E-state index contributed by atoms with van der Waals surface area (Å²) in [4.78, 5) is 14.0. The lowest BCUT2D eigenvalue weighted by atomic mass is 9.98. The molecule has 0 atom stereocenters. The fraction of sp³-hybridized carbons (Fsp3) is 0.500. The summed E-state index contributed by atoms with van der Waals surface area (Å²) in [6.45, 7) is 5.92. The van der Waals surface area contributed by atoms with Crippen LogP contribution in [0, 0.1) is 11.6 Å². The fourth-order valence-corrected chi connectivity index (χ4v) is 2.38. The summed E-state index contributed by atoms with van der Waals surface area (Å²) in [5.74, 6) is -1.23. The Balaban J connectivity index is 2.14. The highest BCUT2D eigenvalue weighted by Gasteiger charge is 2.33. The molecule has 0 spiro atoms. The average Bonchev–Trinajstić information content (AvgIpc) is 2.33. The number of amides is 1. The van der Waals surface area contributed by atoms with Crippen molar-refractivity contribution in [3.8, 4) is 0 Å². The van der Waals surface area contributed by atoms with E-state index in [2.05, 4.69) is 5.32 Å². The van der Waals surface area contributed by atoms with E-state index in [0.717, 1.165) is 24.7 Å². The SMILES string of the molecule is CC1(C)CNCCN1C(=O)Cc1cc(F)ccc1F. The van der Waals surface area contributed by atoms with Gasteiger partial charge in [-0.1, -0.05) is 0 Å². The van der Waals surface area contributed by atoms with E-state index in [0.29, 0.717) is 13.1 Å². The number of nitrogens with zero attached hydrogens (tertiary/aromatic N) is 1. The van der Waals surface area contributed by atoms with Crippen LogP contribution in [0.25, 0.3) is 0 Å². The minimum Gasteiger partial charge on any atom is -0.335 e. The highest BCUT2D eigenvalue weighted by atomic mass is 19.1. The van der Waals surface area contributed by atoms with E-state index in [1.54, 1.807) is 4.90 Å². The molecule has 2 rings (SSSR count). The number of piperazine rings is 1. The first-order chi connectivity index (χ1) is 8.90. The van der Waals surface area contributed by atoms with Crippen LogP contribution in [0.5, 0.6) is 0 Å². The zero-order valence-corrected chi connectivity index (χ0v) is 11.2. The van der Waals surface area contributed by atoms with Crippen molar-refractivity contribution in [1.29, 1.82) is 0 Å². The molecule has 1 fully saturated rings. The largest absolute Gasteiger partial charge is 0.335 e. The molecule has 1 aliphatic rings. The summed E-state index contributed by atoms with van der Waals surface area (Å²) in [6, 6.07) is 3.20. The minimum atomic E-state index is -0.539. The molecule has 0 bridgehead atoms. The smallest absolute Gasteiger partial charge is 0.227 e. The molecule has 0 unspecified atom stereocenters.